The van der Waals surface area contributed by atoms with E-state index in [0.29, 0.717) is 6.54 Å². The molecule has 1 aromatic rings. The number of rotatable bonds is 3. The highest BCUT2D eigenvalue weighted by Crippen LogP contribution is 2.21. The van der Waals surface area contributed by atoms with Crippen molar-refractivity contribution in [3.05, 3.63) is 29.3 Å². The predicted molar refractivity (Wildman–Crippen MR) is 67.7 cm³/mol. The molecule has 0 spiro atoms. The van der Waals surface area contributed by atoms with E-state index < -0.39 is 23.1 Å². The van der Waals surface area contributed by atoms with Gasteiger partial charge in [-0.1, -0.05) is 0 Å². The van der Waals surface area contributed by atoms with Crippen molar-refractivity contribution in [2.24, 2.45) is 0 Å². The third-order valence-electron chi connectivity index (χ3n) is 2.15. The minimum absolute atomic E-state index is 0.0263. The maximum Gasteiger partial charge on any atom is 0.251 e. The van der Waals surface area contributed by atoms with Crippen LogP contribution in [0.3, 0.4) is 0 Å². The van der Waals surface area contributed by atoms with Crippen LogP contribution in [-0.4, -0.2) is 18.0 Å². The van der Waals surface area contributed by atoms with Gasteiger partial charge in [-0.3, -0.25) is 4.79 Å². The standard InChI is InChI=1S/C13H18F2N2O/c1-5-16-11-9(14)6-8(7-10(11)15)12(18)17-13(2,3)4/h6-7,16H,5H2,1-4H3,(H,17,18). The molecule has 1 amide bonds. The third kappa shape index (κ3) is 3.68. The van der Waals surface area contributed by atoms with Crippen LogP contribution in [0.5, 0.6) is 0 Å². The van der Waals surface area contributed by atoms with Gasteiger partial charge in [0.1, 0.15) is 17.3 Å². The van der Waals surface area contributed by atoms with Crippen LogP contribution in [0.1, 0.15) is 38.1 Å². The molecule has 0 aromatic heterocycles. The number of anilines is 1. The summed E-state index contributed by atoms with van der Waals surface area (Å²) in [7, 11) is 0. The zero-order valence-electron chi connectivity index (χ0n) is 11.0. The molecule has 0 aliphatic rings. The van der Waals surface area contributed by atoms with E-state index in [-0.39, 0.29) is 11.3 Å². The molecule has 0 fully saturated rings. The molecule has 0 saturated carbocycles. The van der Waals surface area contributed by atoms with Crippen LogP contribution in [0.15, 0.2) is 12.1 Å². The SMILES string of the molecule is CCNc1c(F)cc(C(=O)NC(C)(C)C)cc1F. The molecule has 0 aliphatic heterocycles. The first-order valence-electron chi connectivity index (χ1n) is 5.80. The van der Waals surface area contributed by atoms with Gasteiger partial charge in [-0.05, 0) is 39.8 Å². The molecule has 18 heavy (non-hydrogen) atoms. The third-order valence-corrected chi connectivity index (χ3v) is 2.15. The summed E-state index contributed by atoms with van der Waals surface area (Å²) in [4.78, 5) is 11.8. The largest absolute Gasteiger partial charge is 0.381 e. The van der Waals surface area contributed by atoms with Gasteiger partial charge in [0.05, 0.1) is 0 Å². The average molecular weight is 256 g/mol. The minimum Gasteiger partial charge on any atom is -0.381 e. The van der Waals surface area contributed by atoms with Crippen molar-refractivity contribution in [3.63, 3.8) is 0 Å². The Morgan fingerprint density at radius 2 is 1.72 bits per heavy atom. The maximum absolute atomic E-state index is 13.6. The van der Waals surface area contributed by atoms with Crippen LogP contribution < -0.4 is 10.6 Å². The van der Waals surface area contributed by atoms with Crippen LogP contribution in [-0.2, 0) is 0 Å². The smallest absolute Gasteiger partial charge is 0.251 e. The Morgan fingerprint density at radius 3 is 2.11 bits per heavy atom. The van der Waals surface area contributed by atoms with Crippen molar-refractivity contribution in [1.82, 2.24) is 5.32 Å². The van der Waals surface area contributed by atoms with Crippen LogP contribution in [0.4, 0.5) is 14.5 Å². The molecule has 0 heterocycles. The fourth-order valence-electron chi connectivity index (χ4n) is 1.46. The molecule has 0 atom stereocenters. The summed E-state index contributed by atoms with van der Waals surface area (Å²) in [6, 6.07) is 2.06. The van der Waals surface area contributed by atoms with E-state index in [4.69, 9.17) is 0 Å². The fourth-order valence-corrected chi connectivity index (χ4v) is 1.46. The molecule has 1 rings (SSSR count). The van der Waals surface area contributed by atoms with Gasteiger partial charge >= 0.3 is 0 Å². The van der Waals surface area contributed by atoms with Crippen LogP contribution in [0, 0.1) is 11.6 Å². The molecular weight excluding hydrogens is 238 g/mol. The summed E-state index contributed by atoms with van der Waals surface area (Å²) in [5, 5.41) is 5.23. The summed E-state index contributed by atoms with van der Waals surface area (Å²) < 4.78 is 27.2. The minimum atomic E-state index is -0.768. The summed E-state index contributed by atoms with van der Waals surface area (Å²) in [5.41, 5.74) is -0.684. The summed E-state index contributed by atoms with van der Waals surface area (Å²) in [6.45, 7) is 7.53. The lowest BCUT2D eigenvalue weighted by molar-refractivity contribution is 0.0918. The Kier molecular flexibility index (Phi) is 4.27. The van der Waals surface area contributed by atoms with E-state index in [9.17, 15) is 13.6 Å². The Bertz CT molecular complexity index is 430. The van der Waals surface area contributed by atoms with Gasteiger partial charge in [-0.15, -0.1) is 0 Å². The van der Waals surface area contributed by atoms with Crippen molar-refractivity contribution >= 4 is 11.6 Å². The molecule has 0 bridgehead atoms. The quantitative estimate of drug-likeness (QED) is 0.873. The first-order valence-corrected chi connectivity index (χ1v) is 5.80. The highest BCUT2D eigenvalue weighted by Gasteiger charge is 2.18. The fraction of sp³-hybridized carbons (Fsp3) is 0.462. The number of halogens is 2. The molecule has 5 heteroatoms. The van der Waals surface area contributed by atoms with Crippen molar-refractivity contribution in [1.29, 1.82) is 0 Å². The highest BCUT2D eigenvalue weighted by molar-refractivity contribution is 5.95. The Morgan fingerprint density at radius 1 is 1.22 bits per heavy atom. The number of carbonyl (C=O) groups excluding carboxylic acids is 1. The lowest BCUT2D eigenvalue weighted by atomic mass is 10.1. The number of carbonyl (C=O) groups is 1. The molecule has 0 unspecified atom stereocenters. The molecule has 0 radical (unpaired) electrons. The van der Waals surface area contributed by atoms with Gasteiger partial charge < -0.3 is 10.6 Å². The van der Waals surface area contributed by atoms with Crippen molar-refractivity contribution in [2.45, 2.75) is 33.2 Å². The predicted octanol–water partition coefficient (Wildman–Crippen LogP) is 2.92. The van der Waals surface area contributed by atoms with Gasteiger partial charge in [0.2, 0.25) is 0 Å². The lowest BCUT2D eigenvalue weighted by Crippen LogP contribution is -2.40. The van der Waals surface area contributed by atoms with Crippen LogP contribution in [0.25, 0.3) is 0 Å². The van der Waals surface area contributed by atoms with E-state index in [2.05, 4.69) is 10.6 Å². The number of hydrogen-bond donors (Lipinski definition) is 2. The normalized spacial score (nSPS) is 11.2. The first-order chi connectivity index (χ1) is 8.24. The van der Waals surface area contributed by atoms with Gasteiger partial charge in [0.15, 0.2) is 0 Å². The molecular formula is C13H18F2N2O. The molecule has 2 N–H and O–H groups in total. The second-order valence-corrected chi connectivity index (χ2v) is 5.05. The topological polar surface area (TPSA) is 41.1 Å². The lowest BCUT2D eigenvalue weighted by Gasteiger charge is -2.20. The number of benzene rings is 1. The summed E-state index contributed by atoms with van der Waals surface area (Å²) in [6.07, 6.45) is 0. The van der Waals surface area contributed by atoms with Gasteiger partial charge in [-0.2, -0.15) is 0 Å². The van der Waals surface area contributed by atoms with E-state index in [1.807, 2.05) is 0 Å². The summed E-state index contributed by atoms with van der Waals surface area (Å²) >= 11 is 0. The number of hydrogen-bond acceptors (Lipinski definition) is 2. The number of nitrogens with one attached hydrogen (secondary N) is 2. The molecule has 1 aromatic carbocycles. The maximum atomic E-state index is 13.6. The molecule has 100 valence electrons. The van der Waals surface area contributed by atoms with Gasteiger partial charge in [-0.25, -0.2) is 8.78 Å². The van der Waals surface area contributed by atoms with Crippen LogP contribution >= 0.6 is 0 Å². The monoisotopic (exact) mass is 256 g/mol. The van der Waals surface area contributed by atoms with Crippen LogP contribution in [0.2, 0.25) is 0 Å². The molecule has 3 nitrogen and oxygen atoms in total. The van der Waals surface area contributed by atoms with Gasteiger partial charge in [0.25, 0.3) is 5.91 Å². The Balaban J connectivity index is 3.03. The summed E-state index contributed by atoms with van der Waals surface area (Å²) in [5.74, 6) is -2.03. The van der Waals surface area contributed by atoms with Crippen molar-refractivity contribution in [2.75, 3.05) is 11.9 Å². The van der Waals surface area contributed by atoms with Crippen molar-refractivity contribution in [3.8, 4) is 0 Å². The van der Waals surface area contributed by atoms with Gasteiger partial charge in [0, 0.05) is 17.6 Å². The Hall–Kier alpha value is -1.65. The zero-order chi connectivity index (χ0) is 13.9. The Labute approximate surface area is 106 Å². The van der Waals surface area contributed by atoms with E-state index in [0.717, 1.165) is 12.1 Å². The second-order valence-electron chi connectivity index (χ2n) is 5.05. The van der Waals surface area contributed by atoms with E-state index in [1.165, 1.54) is 0 Å². The van der Waals surface area contributed by atoms with Crippen molar-refractivity contribution < 1.29 is 13.6 Å². The number of amides is 1. The average Bonchev–Trinajstić information content (AvgIpc) is 2.20. The first kappa shape index (κ1) is 14.4. The molecule has 0 aliphatic carbocycles. The highest BCUT2D eigenvalue weighted by atomic mass is 19.1. The van der Waals surface area contributed by atoms with E-state index in [1.54, 1.807) is 27.7 Å². The zero-order valence-corrected chi connectivity index (χ0v) is 11.0. The molecule has 0 saturated heterocycles. The van der Waals surface area contributed by atoms with E-state index >= 15 is 0 Å². The second kappa shape index (κ2) is 5.33.